The Hall–Kier alpha value is -0.860. The molecule has 1 rings (SSSR count). The van der Waals surface area contributed by atoms with Gasteiger partial charge in [0.15, 0.2) is 0 Å². The molecule has 0 aliphatic rings. The van der Waals surface area contributed by atoms with Gasteiger partial charge in [-0.05, 0) is 37.6 Å². The van der Waals surface area contributed by atoms with E-state index in [1.165, 1.54) is 17.5 Å². The van der Waals surface area contributed by atoms with Crippen LogP contribution in [-0.4, -0.2) is 32.1 Å². The predicted octanol–water partition coefficient (Wildman–Crippen LogP) is 2.54. The van der Waals surface area contributed by atoms with Gasteiger partial charge in [0.2, 0.25) is 0 Å². The third kappa shape index (κ3) is 6.44. The molecule has 0 heterocycles. The molecule has 1 N–H and O–H groups in total. The van der Waals surface area contributed by atoms with Gasteiger partial charge in [-0.2, -0.15) is 0 Å². The molecule has 0 amide bonds. The van der Waals surface area contributed by atoms with Crippen LogP contribution in [0.2, 0.25) is 0 Å². The first-order chi connectivity index (χ1) is 8.08. The number of rotatable bonds is 7. The highest BCUT2D eigenvalue weighted by Gasteiger charge is 1.98. The number of nitrogens with zero attached hydrogens (tertiary/aromatic N) is 1. The summed E-state index contributed by atoms with van der Waals surface area (Å²) in [6, 6.07) is 8.98. The van der Waals surface area contributed by atoms with Gasteiger partial charge in [-0.3, -0.25) is 0 Å². The molecule has 0 spiro atoms. The normalized spacial score (nSPS) is 11.4. The van der Waals surface area contributed by atoms with Crippen molar-refractivity contribution in [1.82, 2.24) is 10.2 Å². The number of benzene rings is 1. The molecular formula is C15H26N2. The Labute approximate surface area is 106 Å². The summed E-state index contributed by atoms with van der Waals surface area (Å²) >= 11 is 0. The summed E-state index contributed by atoms with van der Waals surface area (Å²) in [5.74, 6) is 0.735. The second-order valence-electron chi connectivity index (χ2n) is 5.39. The van der Waals surface area contributed by atoms with Crippen LogP contribution in [0.5, 0.6) is 0 Å². The minimum absolute atomic E-state index is 0.735. The van der Waals surface area contributed by atoms with Gasteiger partial charge in [0.25, 0.3) is 0 Å². The maximum atomic E-state index is 3.45. The zero-order valence-corrected chi connectivity index (χ0v) is 11.7. The Kier molecular flexibility index (Phi) is 6.23. The van der Waals surface area contributed by atoms with Crippen molar-refractivity contribution in [3.8, 4) is 0 Å². The van der Waals surface area contributed by atoms with E-state index < -0.39 is 0 Å². The highest BCUT2D eigenvalue weighted by atomic mass is 15.1. The van der Waals surface area contributed by atoms with Crippen molar-refractivity contribution in [2.75, 3.05) is 27.2 Å². The standard InChI is InChI=1S/C15H26N2/c1-13(2)11-14-5-7-15(8-6-14)12-16-9-10-17(3)4/h5-8,13,16H,9-12H2,1-4H3. The maximum absolute atomic E-state index is 3.45. The van der Waals surface area contributed by atoms with Crippen LogP contribution in [0.4, 0.5) is 0 Å². The van der Waals surface area contributed by atoms with Crippen molar-refractivity contribution < 1.29 is 0 Å². The maximum Gasteiger partial charge on any atom is 0.0206 e. The summed E-state index contributed by atoms with van der Waals surface area (Å²) in [5, 5.41) is 3.45. The van der Waals surface area contributed by atoms with Crippen molar-refractivity contribution in [3.05, 3.63) is 35.4 Å². The zero-order chi connectivity index (χ0) is 12.7. The van der Waals surface area contributed by atoms with E-state index in [-0.39, 0.29) is 0 Å². The van der Waals surface area contributed by atoms with Gasteiger partial charge in [0, 0.05) is 19.6 Å². The minimum atomic E-state index is 0.735. The van der Waals surface area contributed by atoms with Gasteiger partial charge in [-0.15, -0.1) is 0 Å². The molecule has 2 nitrogen and oxygen atoms in total. The van der Waals surface area contributed by atoms with E-state index in [4.69, 9.17) is 0 Å². The van der Waals surface area contributed by atoms with Gasteiger partial charge in [-0.1, -0.05) is 38.1 Å². The summed E-state index contributed by atoms with van der Waals surface area (Å²) < 4.78 is 0. The molecule has 2 heteroatoms. The van der Waals surface area contributed by atoms with Crippen LogP contribution in [0.3, 0.4) is 0 Å². The van der Waals surface area contributed by atoms with Crippen LogP contribution in [-0.2, 0) is 13.0 Å². The lowest BCUT2D eigenvalue weighted by Gasteiger charge is -2.11. The van der Waals surface area contributed by atoms with Crippen molar-refractivity contribution in [3.63, 3.8) is 0 Å². The van der Waals surface area contributed by atoms with E-state index in [9.17, 15) is 0 Å². The van der Waals surface area contributed by atoms with Gasteiger partial charge in [0.1, 0.15) is 0 Å². The molecule has 0 aliphatic carbocycles. The molecule has 0 fully saturated rings. The third-order valence-corrected chi connectivity index (χ3v) is 2.73. The molecular weight excluding hydrogens is 208 g/mol. The summed E-state index contributed by atoms with van der Waals surface area (Å²) in [6.07, 6.45) is 1.17. The molecule has 1 aromatic rings. The number of hydrogen-bond donors (Lipinski definition) is 1. The van der Waals surface area contributed by atoms with E-state index >= 15 is 0 Å². The van der Waals surface area contributed by atoms with Crippen LogP contribution in [0, 0.1) is 5.92 Å². The first kappa shape index (κ1) is 14.2. The first-order valence-corrected chi connectivity index (χ1v) is 6.51. The average molecular weight is 234 g/mol. The van der Waals surface area contributed by atoms with Crippen molar-refractivity contribution in [1.29, 1.82) is 0 Å². The molecule has 0 aromatic heterocycles. The summed E-state index contributed by atoms with van der Waals surface area (Å²) in [5.41, 5.74) is 2.81. The zero-order valence-electron chi connectivity index (χ0n) is 11.7. The Morgan fingerprint density at radius 3 is 2.18 bits per heavy atom. The van der Waals surface area contributed by atoms with Crippen molar-refractivity contribution in [2.45, 2.75) is 26.8 Å². The minimum Gasteiger partial charge on any atom is -0.311 e. The SMILES string of the molecule is CC(C)Cc1ccc(CNCCN(C)C)cc1. The molecule has 0 saturated heterocycles. The molecule has 96 valence electrons. The Bertz CT molecular complexity index is 301. The van der Waals surface area contributed by atoms with Crippen LogP contribution in [0.15, 0.2) is 24.3 Å². The monoisotopic (exact) mass is 234 g/mol. The molecule has 0 bridgehead atoms. The molecule has 1 aromatic carbocycles. The van der Waals surface area contributed by atoms with Gasteiger partial charge in [0.05, 0.1) is 0 Å². The Balaban J connectivity index is 2.30. The van der Waals surface area contributed by atoms with E-state index in [0.29, 0.717) is 0 Å². The lowest BCUT2D eigenvalue weighted by molar-refractivity contribution is 0.400. The first-order valence-electron chi connectivity index (χ1n) is 6.51. The van der Waals surface area contributed by atoms with Crippen molar-refractivity contribution >= 4 is 0 Å². The van der Waals surface area contributed by atoms with Gasteiger partial charge in [-0.25, -0.2) is 0 Å². The highest BCUT2D eigenvalue weighted by Crippen LogP contribution is 2.09. The Morgan fingerprint density at radius 2 is 1.65 bits per heavy atom. The summed E-state index contributed by atoms with van der Waals surface area (Å²) in [6.45, 7) is 7.62. The average Bonchev–Trinajstić information content (AvgIpc) is 2.25. The third-order valence-electron chi connectivity index (χ3n) is 2.73. The molecule has 0 atom stereocenters. The molecule has 0 saturated carbocycles. The molecule has 0 radical (unpaired) electrons. The smallest absolute Gasteiger partial charge is 0.0206 e. The van der Waals surface area contributed by atoms with E-state index in [1.807, 2.05) is 0 Å². The van der Waals surface area contributed by atoms with Crippen molar-refractivity contribution in [2.24, 2.45) is 5.92 Å². The predicted molar refractivity (Wildman–Crippen MR) is 75.2 cm³/mol. The second kappa shape index (κ2) is 7.46. The van der Waals surface area contributed by atoms with Crippen LogP contribution >= 0.6 is 0 Å². The molecule has 17 heavy (non-hydrogen) atoms. The van der Waals surface area contributed by atoms with Crippen LogP contribution < -0.4 is 5.32 Å². The number of hydrogen-bond acceptors (Lipinski definition) is 2. The largest absolute Gasteiger partial charge is 0.311 e. The number of nitrogens with one attached hydrogen (secondary N) is 1. The fourth-order valence-corrected chi connectivity index (χ4v) is 1.80. The number of likely N-dealkylation sites (N-methyl/N-ethyl adjacent to an activating group) is 1. The fraction of sp³-hybridized carbons (Fsp3) is 0.600. The Morgan fingerprint density at radius 1 is 1.06 bits per heavy atom. The van der Waals surface area contributed by atoms with Gasteiger partial charge < -0.3 is 10.2 Å². The lowest BCUT2D eigenvalue weighted by atomic mass is 10.0. The second-order valence-corrected chi connectivity index (χ2v) is 5.39. The highest BCUT2D eigenvalue weighted by molar-refractivity contribution is 5.22. The van der Waals surface area contributed by atoms with Crippen LogP contribution in [0.25, 0.3) is 0 Å². The van der Waals surface area contributed by atoms with Crippen LogP contribution in [0.1, 0.15) is 25.0 Å². The fourth-order valence-electron chi connectivity index (χ4n) is 1.80. The topological polar surface area (TPSA) is 15.3 Å². The molecule has 0 aliphatic heterocycles. The quantitative estimate of drug-likeness (QED) is 0.729. The summed E-state index contributed by atoms with van der Waals surface area (Å²) in [7, 11) is 4.20. The van der Waals surface area contributed by atoms with E-state index in [2.05, 4.69) is 62.4 Å². The lowest BCUT2D eigenvalue weighted by Crippen LogP contribution is -2.26. The molecule has 0 unspecified atom stereocenters. The van der Waals surface area contributed by atoms with E-state index in [0.717, 1.165) is 25.6 Å². The van der Waals surface area contributed by atoms with E-state index in [1.54, 1.807) is 0 Å². The summed E-state index contributed by atoms with van der Waals surface area (Å²) in [4.78, 5) is 2.19. The van der Waals surface area contributed by atoms with Gasteiger partial charge >= 0.3 is 0 Å².